The molecule has 5 heteroatoms. The van der Waals surface area contributed by atoms with Gasteiger partial charge in [0.15, 0.2) is 0 Å². The van der Waals surface area contributed by atoms with Gasteiger partial charge in [0.2, 0.25) is 0 Å². The molecule has 2 heterocycles. The van der Waals surface area contributed by atoms with E-state index < -0.39 is 0 Å². The molecule has 0 fully saturated rings. The van der Waals surface area contributed by atoms with E-state index in [1.165, 1.54) is 23.4 Å². The van der Waals surface area contributed by atoms with Crippen LogP contribution < -0.4 is 0 Å². The Morgan fingerprint density at radius 2 is 2.00 bits per heavy atom. The number of thiophene rings is 1. The molecule has 1 unspecified atom stereocenters. The SMILES string of the molecule is CC(C)N(CC1CCc2c(sc3ncnc(Cl)c23)C1)C(C)C. The highest BCUT2D eigenvalue weighted by molar-refractivity contribution is 7.19. The first-order valence-corrected chi connectivity index (χ1v) is 9.33. The molecular weight excluding hydrogens is 314 g/mol. The second kappa shape index (κ2) is 6.42. The standard InChI is InChI=1S/C17H24ClN3S/c1-10(2)21(11(3)4)8-12-5-6-13-14(7-12)22-17-15(13)16(18)19-9-20-17/h9-12H,5-8H2,1-4H3. The van der Waals surface area contributed by atoms with Crippen LogP contribution in [0.4, 0.5) is 0 Å². The molecule has 3 nitrogen and oxygen atoms in total. The Kier molecular flexibility index (Phi) is 4.72. The second-order valence-electron chi connectivity index (χ2n) is 6.84. The van der Waals surface area contributed by atoms with Crippen LogP contribution >= 0.6 is 22.9 Å². The van der Waals surface area contributed by atoms with Crippen molar-refractivity contribution in [1.82, 2.24) is 14.9 Å². The minimum atomic E-state index is 0.601. The summed E-state index contributed by atoms with van der Waals surface area (Å²) in [5.74, 6) is 0.733. The first-order valence-electron chi connectivity index (χ1n) is 8.13. The normalized spacial score (nSPS) is 18.6. The Morgan fingerprint density at radius 3 is 2.68 bits per heavy atom. The zero-order valence-electron chi connectivity index (χ0n) is 13.8. The third-order valence-electron chi connectivity index (χ3n) is 4.70. The molecule has 22 heavy (non-hydrogen) atoms. The Labute approximate surface area is 141 Å². The highest BCUT2D eigenvalue weighted by atomic mass is 35.5. The summed E-state index contributed by atoms with van der Waals surface area (Å²) in [5, 5.41) is 1.72. The summed E-state index contributed by atoms with van der Waals surface area (Å²) in [5.41, 5.74) is 1.41. The van der Waals surface area contributed by atoms with Crippen LogP contribution in [0.3, 0.4) is 0 Å². The molecule has 0 bridgehead atoms. The largest absolute Gasteiger partial charge is 0.298 e. The van der Waals surface area contributed by atoms with Crippen LogP contribution in [0.15, 0.2) is 6.33 Å². The topological polar surface area (TPSA) is 29.0 Å². The van der Waals surface area contributed by atoms with Crippen molar-refractivity contribution in [2.75, 3.05) is 6.54 Å². The van der Waals surface area contributed by atoms with E-state index in [1.54, 1.807) is 6.33 Å². The van der Waals surface area contributed by atoms with Crippen molar-refractivity contribution in [1.29, 1.82) is 0 Å². The van der Waals surface area contributed by atoms with Crippen LogP contribution in [-0.4, -0.2) is 33.5 Å². The second-order valence-corrected chi connectivity index (χ2v) is 8.28. The maximum absolute atomic E-state index is 6.29. The van der Waals surface area contributed by atoms with Gasteiger partial charge in [-0.3, -0.25) is 4.90 Å². The minimum absolute atomic E-state index is 0.601. The van der Waals surface area contributed by atoms with Crippen molar-refractivity contribution in [3.05, 3.63) is 21.9 Å². The number of hydrogen-bond acceptors (Lipinski definition) is 4. The Morgan fingerprint density at radius 1 is 1.27 bits per heavy atom. The molecule has 0 radical (unpaired) electrons. The van der Waals surface area contributed by atoms with Gasteiger partial charge in [0.05, 0.1) is 5.39 Å². The van der Waals surface area contributed by atoms with Crippen molar-refractivity contribution in [3.63, 3.8) is 0 Å². The van der Waals surface area contributed by atoms with E-state index in [0.29, 0.717) is 17.2 Å². The first kappa shape index (κ1) is 16.2. The number of halogens is 1. The molecule has 0 aliphatic heterocycles. The molecule has 2 aromatic heterocycles. The molecule has 0 amide bonds. The summed E-state index contributed by atoms with van der Waals surface area (Å²) in [6.07, 6.45) is 5.07. The number of hydrogen-bond donors (Lipinski definition) is 0. The fraction of sp³-hybridized carbons (Fsp3) is 0.647. The lowest BCUT2D eigenvalue weighted by atomic mass is 9.87. The van der Waals surface area contributed by atoms with Gasteiger partial charge in [-0.25, -0.2) is 9.97 Å². The van der Waals surface area contributed by atoms with Crippen LogP contribution in [0.2, 0.25) is 5.15 Å². The van der Waals surface area contributed by atoms with E-state index in [4.69, 9.17) is 11.6 Å². The molecule has 1 atom stereocenters. The van der Waals surface area contributed by atoms with Crippen LogP contribution in [0.25, 0.3) is 10.2 Å². The van der Waals surface area contributed by atoms with Gasteiger partial charge in [0, 0.05) is 23.5 Å². The number of aryl methyl sites for hydroxylation is 1. The maximum Gasteiger partial charge on any atom is 0.141 e. The van der Waals surface area contributed by atoms with Crippen LogP contribution in [0.5, 0.6) is 0 Å². The molecule has 0 N–H and O–H groups in total. The maximum atomic E-state index is 6.29. The summed E-state index contributed by atoms with van der Waals surface area (Å²) in [4.78, 5) is 13.7. The summed E-state index contributed by atoms with van der Waals surface area (Å²) < 4.78 is 0. The predicted octanol–water partition coefficient (Wildman–Crippen LogP) is 4.57. The van der Waals surface area contributed by atoms with Gasteiger partial charge < -0.3 is 0 Å². The molecule has 0 aromatic carbocycles. The van der Waals surface area contributed by atoms with E-state index in [1.807, 2.05) is 11.3 Å². The Hall–Kier alpha value is -0.710. The van der Waals surface area contributed by atoms with Gasteiger partial charge in [0.25, 0.3) is 0 Å². The first-order chi connectivity index (χ1) is 10.5. The van der Waals surface area contributed by atoms with Gasteiger partial charge in [-0.15, -0.1) is 11.3 Å². The quantitative estimate of drug-likeness (QED) is 0.765. The lowest BCUT2D eigenvalue weighted by Crippen LogP contribution is -2.41. The van der Waals surface area contributed by atoms with E-state index in [-0.39, 0.29) is 0 Å². The van der Waals surface area contributed by atoms with Crippen LogP contribution in [-0.2, 0) is 12.8 Å². The number of nitrogens with zero attached hydrogens (tertiary/aromatic N) is 3. The fourth-order valence-corrected chi connectivity index (χ4v) is 5.22. The minimum Gasteiger partial charge on any atom is -0.298 e. The zero-order valence-corrected chi connectivity index (χ0v) is 15.3. The van der Waals surface area contributed by atoms with Crippen LogP contribution in [0, 0.1) is 5.92 Å². The van der Waals surface area contributed by atoms with Gasteiger partial charge in [-0.2, -0.15) is 0 Å². The summed E-state index contributed by atoms with van der Waals surface area (Å²) in [7, 11) is 0. The lowest BCUT2D eigenvalue weighted by Gasteiger charge is -2.35. The average Bonchev–Trinajstić information content (AvgIpc) is 2.82. The molecule has 0 saturated carbocycles. The third kappa shape index (κ3) is 3.01. The molecule has 2 aromatic rings. The number of aromatic nitrogens is 2. The molecule has 1 aliphatic carbocycles. The summed E-state index contributed by atoms with van der Waals surface area (Å²) >= 11 is 8.09. The Bertz CT molecular complexity index is 657. The van der Waals surface area contributed by atoms with Gasteiger partial charge in [-0.05, 0) is 58.4 Å². The monoisotopic (exact) mass is 337 g/mol. The molecule has 1 aliphatic rings. The van der Waals surface area contributed by atoms with Gasteiger partial charge >= 0.3 is 0 Å². The van der Waals surface area contributed by atoms with Crippen molar-refractivity contribution in [2.45, 2.75) is 59.0 Å². The van der Waals surface area contributed by atoms with Crippen molar-refractivity contribution < 1.29 is 0 Å². The van der Waals surface area contributed by atoms with Gasteiger partial charge in [-0.1, -0.05) is 11.6 Å². The van der Waals surface area contributed by atoms with Crippen LogP contribution in [0.1, 0.15) is 44.6 Å². The van der Waals surface area contributed by atoms with E-state index >= 15 is 0 Å². The van der Waals surface area contributed by atoms with Crippen molar-refractivity contribution in [2.24, 2.45) is 5.92 Å². The third-order valence-corrected chi connectivity index (χ3v) is 6.15. The van der Waals surface area contributed by atoms with Crippen molar-refractivity contribution >= 4 is 33.2 Å². The Balaban J connectivity index is 1.82. The highest BCUT2D eigenvalue weighted by Crippen LogP contribution is 2.39. The smallest absolute Gasteiger partial charge is 0.141 e. The summed E-state index contributed by atoms with van der Waals surface area (Å²) in [6, 6.07) is 1.20. The molecular formula is C17H24ClN3S. The number of rotatable bonds is 4. The predicted molar refractivity (Wildman–Crippen MR) is 94.9 cm³/mol. The van der Waals surface area contributed by atoms with Crippen molar-refractivity contribution in [3.8, 4) is 0 Å². The molecule has 0 spiro atoms. The zero-order chi connectivity index (χ0) is 15.9. The summed E-state index contributed by atoms with van der Waals surface area (Å²) in [6.45, 7) is 10.4. The van der Waals surface area contributed by atoms with E-state index in [9.17, 15) is 0 Å². The molecule has 120 valence electrons. The van der Waals surface area contributed by atoms with E-state index in [0.717, 1.165) is 29.0 Å². The highest BCUT2D eigenvalue weighted by Gasteiger charge is 2.27. The fourth-order valence-electron chi connectivity index (χ4n) is 3.61. The molecule has 0 saturated heterocycles. The lowest BCUT2D eigenvalue weighted by molar-refractivity contribution is 0.141. The number of fused-ring (bicyclic) bond motifs is 3. The molecule has 3 rings (SSSR count). The van der Waals surface area contributed by atoms with E-state index in [2.05, 4.69) is 42.6 Å². The van der Waals surface area contributed by atoms with Gasteiger partial charge in [0.1, 0.15) is 16.3 Å². The average molecular weight is 338 g/mol.